The van der Waals surface area contributed by atoms with Crippen LogP contribution in [-0.2, 0) is 4.79 Å². The number of rotatable bonds is 1. The highest BCUT2D eigenvalue weighted by Crippen LogP contribution is 2.16. The van der Waals surface area contributed by atoms with Crippen LogP contribution in [0.3, 0.4) is 0 Å². The topological polar surface area (TPSA) is 40.5 Å². The fraction of sp³-hybridized carbons (Fsp3) is 0.308. The smallest absolute Gasteiger partial charge is 0.161 e. The second-order valence-corrected chi connectivity index (χ2v) is 4.17. The maximum absolute atomic E-state index is 11.7. The molecule has 1 aliphatic rings. The standard InChI is InChI=1S/C13H15NO2/c1-14-7-6-13(16)11(9-14)8-10-2-4-12(15)5-3-10/h2-5,8,15H,6-7,9H2,1H3/b11-8+. The van der Waals surface area contributed by atoms with E-state index in [1.54, 1.807) is 12.1 Å². The van der Waals surface area contributed by atoms with Crippen LogP contribution in [0.25, 0.3) is 6.08 Å². The van der Waals surface area contributed by atoms with E-state index in [1.165, 1.54) is 0 Å². The van der Waals surface area contributed by atoms with Crippen molar-refractivity contribution in [1.82, 2.24) is 4.90 Å². The van der Waals surface area contributed by atoms with Crippen molar-refractivity contribution in [1.29, 1.82) is 0 Å². The molecule has 0 saturated carbocycles. The second kappa shape index (κ2) is 4.49. The van der Waals surface area contributed by atoms with Gasteiger partial charge in [-0.1, -0.05) is 12.1 Å². The van der Waals surface area contributed by atoms with Crippen LogP contribution in [-0.4, -0.2) is 35.9 Å². The van der Waals surface area contributed by atoms with Crippen LogP contribution in [0, 0.1) is 0 Å². The van der Waals surface area contributed by atoms with Crippen LogP contribution >= 0.6 is 0 Å². The van der Waals surface area contributed by atoms with Crippen molar-refractivity contribution in [2.24, 2.45) is 0 Å². The van der Waals surface area contributed by atoms with Crippen molar-refractivity contribution in [3.05, 3.63) is 35.4 Å². The zero-order valence-electron chi connectivity index (χ0n) is 9.31. The van der Waals surface area contributed by atoms with E-state index in [0.29, 0.717) is 13.0 Å². The van der Waals surface area contributed by atoms with E-state index in [4.69, 9.17) is 5.11 Å². The number of carbonyl (C=O) groups is 1. The Balaban J connectivity index is 2.22. The van der Waals surface area contributed by atoms with Gasteiger partial charge < -0.3 is 10.0 Å². The Hall–Kier alpha value is -1.61. The SMILES string of the molecule is CN1CCC(=O)/C(=C/c2ccc(O)cc2)C1. The highest BCUT2D eigenvalue weighted by molar-refractivity contribution is 6.00. The number of phenolic OH excluding ortho intramolecular Hbond substituents is 1. The third kappa shape index (κ3) is 2.49. The summed E-state index contributed by atoms with van der Waals surface area (Å²) in [5.41, 5.74) is 1.80. The number of ketones is 1. The van der Waals surface area contributed by atoms with Gasteiger partial charge in [-0.3, -0.25) is 4.79 Å². The third-order valence-electron chi connectivity index (χ3n) is 2.75. The van der Waals surface area contributed by atoms with Crippen LogP contribution in [0.4, 0.5) is 0 Å². The number of Topliss-reactive ketones (excluding diaryl/α,β-unsaturated/α-hetero) is 1. The van der Waals surface area contributed by atoms with Crippen molar-refractivity contribution in [2.45, 2.75) is 6.42 Å². The Labute approximate surface area is 95.0 Å². The van der Waals surface area contributed by atoms with E-state index in [0.717, 1.165) is 17.7 Å². The summed E-state index contributed by atoms with van der Waals surface area (Å²) >= 11 is 0. The predicted octanol–water partition coefficient (Wildman–Crippen LogP) is 1.68. The fourth-order valence-corrected chi connectivity index (χ4v) is 1.81. The zero-order chi connectivity index (χ0) is 11.5. The minimum Gasteiger partial charge on any atom is -0.508 e. The van der Waals surface area contributed by atoms with Gasteiger partial charge in [0.2, 0.25) is 0 Å². The molecule has 0 amide bonds. The van der Waals surface area contributed by atoms with E-state index >= 15 is 0 Å². The zero-order valence-corrected chi connectivity index (χ0v) is 9.31. The minimum atomic E-state index is 0.228. The molecular formula is C13H15NO2. The molecule has 0 atom stereocenters. The average Bonchev–Trinajstić information content (AvgIpc) is 2.27. The largest absolute Gasteiger partial charge is 0.508 e. The molecule has 0 radical (unpaired) electrons. The molecule has 0 aromatic heterocycles. The lowest BCUT2D eigenvalue weighted by atomic mass is 10.0. The van der Waals surface area contributed by atoms with Gasteiger partial charge in [-0.2, -0.15) is 0 Å². The van der Waals surface area contributed by atoms with Crippen LogP contribution in [0.15, 0.2) is 29.8 Å². The number of phenols is 1. The van der Waals surface area contributed by atoms with Gasteiger partial charge in [0, 0.05) is 25.1 Å². The molecule has 84 valence electrons. The quantitative estimate of drug-likeness (QED) is 0.728. The molecule has 0 bridgehead atoms. The van der Waals surface area contributed by atoms with E-state index in [1.807, 2.05) is 25.3 Å². The van der Waals surface area contributed by atoms with Crippen LogP contribution in [0.2, 0.25) is 0 Å². The number of benzene rings is 1. The van der Waals surface area contributed by atoms with Crippen molar-refractivity contribution >= 4 is 11.9 Å². The average molecular weight is 217 g/mol. The number of piperidine rings is 1. The Morgan fingerprint density at radius 1 is 1.31 bits per heavy atom. The first-order valence-electron chi connectivity index (χ1n) is 5.36. The number of likely N-dealkylation sites (N-methyl/N-ethyl adjacent to an activating group) is 1. The van der Waals surface area contributed by atoms with E-state index in [9.17, 15) is 4.79 Å². The molecule has 16 heavy (non-hydrogen) atoms. The highest BCUT2D eigenvalue weighted by Gasteiger charge is 2.18. The Morgan fingerprint density at radius 2 is 2.00 bits per heavy atom. The summed E-state index contributed by atoms with van der Waals surface area (Å²) in [6.45, 7) is 1.55. The number of likely N-dealkylation sites (tertiary alicyclic amines) is 1. The summed E-state index contributed by atoms with van der Waals surface area (Å²) in [4.78, 5) is 13.8. The summed E-state index contributed by atoms with van der Waals surface area (Å²) in [6, 6.07) is 6.88. The van der Waals surface area contributed by atoms with Crippen LogP contribution in [0.5, 0.6) is 5.75 Å². The van der Waals surface area contributed by atoms with Crippen molar-refractivity contribution in [2.75, 3.05) is 20.1 Å². The van der Waals surface area contributed by atoms with Gasteiger partial charge >= 0.3 is 0 Å². The van der Waals surface area contributed by atoms with Gasteiger partial charge in [0.25, 0.3) is 0 Å². The van der Waals surface area contributed by atoms with Gasteiger partial charge in [0.05, 0.1) is 0 Å². The molecule has 1 saturated heterocycles. The number of carbonyl (C=O) groups excluding carboxylic acids is 1. The summed E-state index contributed by atoms with van der Waals surface area (Å²) in [5.74, 6) is 0.473. The molecule has 3 nitrogen and oxygen atoms in total. The maximum atomic E-state index is 11.7. The van der Waals surface area contributed by atoms with Gasteiger partial charge in [0.1, 0.15) is 5.75 Å². The summed E-state index contributed by atoms with van der Waals surface area (Å²) in [5, 5.41) is 9.16. The maximum Gasteiger partial charge on any atom is 0.161 e. The lowest BCUT2D eigenvalue weighted by molar-refractivity contribution is -0.117. The van der Waals surface area contributed by atoms with E-state index < -0.39 is 0 Å². The van der Waals surface area contributed by atoms with Crippen LogP contribution in [0.1, 0.15) is 12.0 Å². The monoisotopic (exact) mass is 217 g/mol. The molecule has 1 aromatic rings. The summed E-state index contributed by atoms with van der Waals surface area (Å²) < 4.78 is 0. The molecule has 1 fully saturated rings. The number of hydrogen-bond acceptors (Lipinski definition) is 3. The molecule has 2 rings (SSSR count). The fourth-order valence-electron chi connectivity index (χ4n) is 1.81. The number of aromatic hydroxyl groups is 1. The summed E-state index contributed by atoms with van der Waals surface area (Å²) in [7, 11) is 2.01. The first-order valence-corrected chi connectivity index (χ1v) is 5.36. The molecule has 3 heteroatoms. The van der Waals surface area contributed by atoms with Crippen molar-refractivity contribution in [3.63, 3.8) is 0 Å². The van der Waals surface area contributed by atoms with Gasteiger partial charge in [-0.15, -0.1) is 0 Å². The normalized spacial score (nSPS) is 20.3. The molecule has 0 aliphatic carbocycles. The molecule has 1 N–H and O–H groups in total. The third-order valence-corrected chi connectivity index (χ3v) is 2.75. The predicted molar refractivity (Wildman–Crippen MR) is 63.2 cm³/mol. The molecule has 0 spiro atoms. The number of hydrogen-bond donors (Lipinski definition) is 1. The van der Waals surface area contributed by atoms with Gasteiger partial charge in [-0.25, -0.2) is 0 Å². The Morgan fingerprint density at radius 3 is 2.69 bits per heavy atom. The minimum absolute atomic E-state index is 0.228. The number of nitrogens with zero attached hydrogens (tertiary/aromatic N) is 1. The van der Waals surface area contributed by atoms with E-state index in [2.05, 4.69) is 4.90 Å². The lowest BCUT2D eigenvalue weighted by Crippen LogP contribution is -2.32. The first kappa shape index (κ1) is 10.9. The molecule has 1 heterocycles. The Kier molecular flexibility index (Phi) is 3.06. The molecule has 1 aromatic carbocycles. The van der Waals surface area contributed by atoms with Crippen molar-refractivity contribution in [3.8, 4) is 5.75 Å². The molecule has 1 aliphatic heterocycles. The molecular weight excluding hydrogens is 202 g/mol. The molecule has 0 unspecified atom stereocenters. The Bertz CT molecular complexity index is 420. The van der Waals surface area contributed by atoms with Gasteiger partial charge in [0.15, 0.2) is 5.78 Å². The van der Waals surface area contributed by atoms with Crippen LogP contribution < -0.4 is 0 Å². The van der Waals surface area contributed by atoms with Crippen molar-refractivity contribution < 1.29 is 9.90 Å². The van der Waals surface area contributed by atoms with E-state index in [-0.39, 0.29) is 11.5 Å². The highest BCUT2D eigenvalue weighted by atomic mass is 16.3. The lowest BCUT2D eigenvalue weighted by Gasteiger charge is -2.23. The summed E-state index contributed by atoms with van der Waals surface area (Å²) in [6.07, 6.45) is 2.50. The van der Waals surface area contributed by atoms with Gasteiger partial charge in [-0.05, 0) is 30.8 Å². The first-order chi connectivity index (χ1) is 7.65. The second-order valence-electron chi connectivity index (χ2n) is 4.17.